The monoisotopic (exact) mass is 228 g/mol. The van der Waals surface area contributed by atoms with E-state index in [1.165, 1.54) is 6.07 Å². The van der Waals surface area contributed by atoms with E-state index in [4.69, 9.17) is 5.73 Å². The average Bonchev–Trinajstić information content (AvgIpc) is 2.17. The molecule has 0 radical (unpaired) electrons. The van der Waals surface area contributed by atoms with Crippen LogP contribution in [0.5, 0.6) is 0 Å². The average molecular weight is 228 g/mol. The predicted octanol–water partition coefficient (Wildman–Crippen LogP) is 1.43. The quantitative estimate of drug-likeness (QED) is 0.819. The molecule has 16 heavy (non-hydrogen) atoms. The zero-order valence-corrected chi connectivity index (χ0v) is 8.97. The van der Waals surface area contributed by atoms with Crippen molar-refractivity contribution < 1.29 is 13.6 Å². The van der Waals surface area contributed by atoms with E-state index < -0.39 is 23.1 Å². The zero-order chi connectivity index (χ0) is 12.1. The van der Waals surface area contributed by atoms with Gasteiger partial charge >= 0.3 is 0 Å². The highest BCUT2D eigenvalue weighted by molar-refractivity contribution is 5.94. The minimum Gasteiger partial charge on any atom is -0.349 e. The number of hydrogen-bond acceptors (Lipinski definition) is 2. The van der Waals surface area contributed by atoms with Crippen molar-refractivity contribution in [2.75, 3.05) is 6.54 Å². The first kappa shape index (κ1) is 12.6. The number of benzene rings is 1. The molecule has 1 aromatic rings. The van der Waals surface area contributed by atoms with E-state index in [-0.39, 0.29) is 6.04 Å². The zero-order valence-electron chi connectivity index (χ0n) is 8.97. The summed E-state index contributed by atoms with van der Waals surface area (Å²) in [6, 6.07) is 3.10. The molecular weight excluding hydrogens is 214 g/mol. The van der Waals surface area contributed by atoms with Gasteiger partial charge in [0, 0.05) is 6.04 Å². The normalized spacial score (nSPS) is 12.2. The summed E-state index contributed by atoms with van der Waals surface area (Å²) < 4.78 is 26.4. The number of halogens is 2. The Morgan fingerprint density at radius 2 is 2.00 bits per heavy atom. The molecule has 0 heterocycles. The van der Waals surface area contributed by atoms with E-state index in [1.54, 1.807) is 6.92 Å². The van der Waals surface area contributed by atoms with E-state index >= 15 is 0 Å². The van der Waals surface area contributed by atoms with Crippen molar-refractivity contribution in [3.8, 4) is 0 Å². The number of nitrogens with two attached hydrogens (primary N) is 1. The number of hydrogen-bond donors (Lipinski definition) is 2. The largest absolute Gasteiger partial charge is 0.349 e. The third-order valence-electron chi connectivity index (χ3n) is 2.17. The molecule has 0 spiro atoms. The highest BCUT2D eigenvalue weighted by atomic mass is 19.1. The third kappa shape index (κ3) is 3.00. The molecule has 88 valence electrons. The van der Waals surface area contributed by atoms with Crippen LogP contribution in [0.25, 0.3) is 0 Å². The summed E-state index contributed by atoms with van der Waals surface area (Å²) in [6.45, 7) is 2.13. The van der Waals surface area contributed by atoms with Gasteiger partial charge in [0.2, 0.25) is 0 Å². The highest BCUT2D eigenvalue weighted by Gasteiger charge is 2.18. The van der Waals surface area contributed by atoms with Gasteiger partial charge in [-0.1, -0.05) is 6.07 Å². The number of rotatable bonds is 4. The molecule has 1 atom stereocenters. The van der Waals surface area contributed by atoms with E-state index in [0.29, 0.717) is 13.0 Å². The minimum atomic E-state index is -0.863. The molecular formula is C11H14F2N2O. The van der Waals surface area contributed by atoms with Gasteiger partial charge in [-0.3, -0.25) is 4.79 Å². The number of carbonyl (C=O) groups is 1. The standard InChI is InChI=1S/C11H14F2N2O/c1-7(5-6-14)15-11(16)10-8(12)3-2-4-9(10)13/h2-4,7H,5-6,14H2,1H3,(H,15,16). The van der Waals surface area contributed by atoms with Gasteiger partial charge in [0.05, 0.1) is 0 Å². The summed E-state index contributed by atoms with van der Waals surface area (Å²) in [4.78, 5) is 11.5. The molecule has 3 N–H and O–H groups in total. The summed E-state index contributed by atoms with van der Waals surface area (Å²) >= 11 is 0. The Hall–Kier alpha value is -1.49. The molecule has 5 heteroatoms. The lowest BCUT2D eigenvalue weighted by Crippen LogP contribution is -2.35. The summed E-state index contributed by atoms with van der Waals surface area (Å²) in [6.07, 6.45) is 0.557. The van der Waals surface area contributed by atoms with Crippen LogP contribution in [0, 0.1) is 11.6 Å². The maximum atomic E-state index is 13.2. The Morgan fingerprint density at radius 1 is 1.44 bits per heavy atom. The SMILES string of the molecule is CC(CCN)NC(=O)c1c(F)cccc1F. The Bertz CT molecular complexity index is 362. The fraction of sp³-hybridized carbons (Fsp3) is 0.364. The molecule has 0 saturated carbocycles. The molecule has 0 aliphatic carbocycles. The number of carbonyl (C=O) groups excluding carboxylic acids is 1. The van der Waals surface area contributed by atoms with Gasteiger partial charge < -0.3 is 11.1 Å². The molecule has 1 aromatic carbocycles. The summed E-state index contributed by atoms with van der Waals surface area (Å²) in [7, 11) is 0. The molecule has 3 nitrogen and oxygen atoms in total. The van der Waals surface area contributed by atoms with Crippen molar-refractivity contribution in [1.82, 2.24) is 5.32 Å². The smallest absolute Gasteiger partial charge is 0.257 e. The number of nitrogens with one attached hydrogen (secondary N) is 1. The number of amides is 1. The van der Waals surface area contributed by atoms with Gasteiger partial charge in [0.1, 0.15) is 17.2 Å². The van der Waals surface area contributed by atoms with Crippen molar-refractivity contribution in [3.63, 3.8) is 0 Å². The van der Waals surface area contributed by atoms with Crippen molar-refractivity contribution in [2.24, 2.45) is 5.73 Å². The maximum Gasteiger partial charge on any atom is 0.257 e. The first-order chi connectivity index (χ1) is 7.56. The summed E-state index contributed by atoms with van der Waals surface area (Å²) in [5.74, 6) is -2.48. The second-order valence-corrected chi connectivity index (χ2v) is 3.55. The predicted molar refractivity (Wildman–Crippen MR) is 57.0 cm³/mol. The molecule has 1 amide bonds. The molecule has 0 bridgehead atoms. The lowest BCUT2D eigenvalue weighted by atomic mass is 10.1. The van der Waals surface area contributed by atoms with Crippen LogP contribution in [0.15, 0.2) is 18.2 Å². The molecule has 0 aromatic heterocycles. The van der Waals surface area contributed by atoms with Crippen LogP contribution in [0.2, 0.25) is 0 Å². The molecule has 0 fully saturated rings. The molecule has 0 saturated heterocycles. The molecule has 1 rings (SSSR count). The van der Waals surface area contributed by atoms with Crippen LogP contribution in [0.3, 0.4) is 0 Å². The Balaban J connectivity index is 2.80. The Kier molecular flexibility index (Phi) is 4.37. The van der Waals surface area contributed by atoms with Crippen molar-refractivity contribution >= 4 is 5.91 Å². The van der Waals surface area contributed by atoms with Crippen LogP contribution in [0.4, 0.5) is 8.78 Å². The minimum absolute atomic E-state index is 0.212. The lowest BCUT2D eigenvalue weighted by Gasteiger charge is -2.13. The summed E-state index contributed by atoms with van der Waals surface area (Å²) in [5.41, 5.74) is 4.75. The topological polar surface area (TPSA) is 55.1 Å². The second-order valence-electron chi connectivity index (χ2n) is 3.55. The van der Waals surface area contributed by atoms with Crippen LogP contribution in [-0.2, 0) is 0 Å². The van der Waals surface area contributed by atoms with E-state index in [9.17, 15) is 13.6 Å². The van der Waals surface area contributed by atoms with Gasteiger partial charge in [0.25, 0.3) is 5.91 Å². The fourth-order valence-electron chi connectivity index (χ4n) is 1.33. The van der Waals surface area contributed by atoms with E-state index in [1.807, 2.05) is 0 Å². The van der Waals surface area contributed by atoms with Gasteiger partial charge in [-0.25, -0.2) is 8.78 Å². The third-order valence-corrected chi connectivity index (χ3v) is 2.17. The first-order valence-electron chi connectivity index (χ1n) is 5.01. The maximum absolute atomic E-state index is 13.2. The second kappa shape index (κ2) is 5.55. The van der Waals surface area contributed by atoms with Gasteiger partial charge in [-0.15, -0.1) is 0 Å². The lowest BCUT2D eigenvalue weighted by molar-refractivity contribution is 0.0930. The van der Waals surface area contributed by atoms with Crippen LogP contribution < -0.4 is 11.1 Å². The van der Waals surface area contributed by atoms with Crippen molar-refractivity contribution in [2.45, 2.75) is 19.4 Å². The Labute approximate surface area is 92.6 Å². The van der Waals surface area contributed by atoms with E-state index in [2.05, 4.69) is 5.32 Å². The molecule has 0 aliphatic rings. The fourth-order valence-corrected chi connectivity index (χ4v) is 1.33. The van der Waals surface area contributed by atoms with Gasteiger partial charge in [-0.05, 0) is 32.0 Å². The first-order valence-corrected chi connectivity index (χ1v) is 5.01. The van der Waals surface area contributed by atoms with Crippen molar-refractivity contribution in [3.05, 3.63) is 35.4 Å². The van der Waals surface area contributed by atoms with Crippen LogP contribution >= 0.6 is 0 Å². The molecule has 1 unspecified atom stereocenters. The Morgan fingerprint density at radius 3 is 2.50 bits per heavy atom. The van der Waals surface area contributed by atoms with Gasteiger partial charge in [0.15, 0.2) is 0 Å². The van der Waals surface area contributed by atoms with Crippen LogP contribution in [-0.4, -0.2) is 18.5 Å². The highest BCUT2D eigenvalue weighted by Crippen LogP contribution is 2.12. The van der Waals surface area contributed by atoms with E-state index in [0.717, 1.165) is 12.1 Å². The molecule has 0 aliphatic heterocycles. The van der Waals surface area contributed by atoms with Crippen LogP contribution in [0.1, 0.15) is 23.7 Å². The summed E-state index contributed by atoms with van der Waals surface area (Å²) in [5, 5.41) is 2.48. The van der Waals surface area contributed by atoms with Crippen molar-refractivity contribution in [1.29, 1.82) is 0 Å². The van der Waals surface area contributed by atoms with Gasteiger partial charge in [-0.2, -0.15) is 0 Å².